The smallest absolute Gasteiger partial charge is 0.145 e. The second-order valence-electron chi connectivity index (χ2n) is 5.80. The van der Waals surface area contributed by atoms with Gasteiger partial charge in [-0.1, -0.05) is 32.0 Å². The number of unbranched alkanes of at least 4 members (excludes halogenated alkanes) is 2. The predicted octanol–water partition coefficient (Wildman–Crippen LogP) is 4.09. The molecule has 3 nitrogen and oxygen atoms in total. The fraction of sp³-hybridized carbons (Fsp3) is 0.500. The molecule has 3 heteroatoms. The third-order valence-electron chi connectivity index (χ3n) is 3.45. The molecule has 0 unspecified atom stereocenters. The van der Waals surface area contributed by atoms with E-state index in [2.05, 4.69) is 36.3 Å². The van der Waals surface area contributed by atoms with Crippen molar-refractivity contribution in [3.05, 3.63) is 36.0 Å². The summed E-state index contributed by atoms with van der Waals surface area (Å²) in [6.07, 6.45) is 3.48. The number of rotatable bonds is 8. The van der Waals surface area contributed by atoms with Gasteiger partial charge in [0.05, 0.1) is 6.61 Å². The van der Waals surface area contributed by atoms with Gasteiger partial charge in [-0.15, -0.1) is 0 Å². The van der Waals surface area contributed by atoms with Crippen LogP contribution >= 0.6 is 0 Å². The first kappa shape index (κ1) is 15.8. The molecule has 0 fully saturated rings. The van der Waals surface area contributed by atoms with Crippen LogP contribution in [0.2, 0.25) is 0 Å². The molecule has 0 bridgehead atoms. The summed E-state index contributed by atoms with van der Waals surface area (Å²) in [6.45, 7) is 8.22. The molecule has 0 saturated carbocycles. The number of hydrogen-bond acceptors (Lipinski definition) is 3. The lowest BCUT2D eigenvalue weighted by Gasteiger charge is -2.10. The quantitative estimate of drug-likeness (QED) is 0.742. The van der Waals surface area contributed by atoms with Crippen molar-refractivity contribution in [1.82, 2.24) is 10.3 Å². The van der Waals surface area contributed by atoms with Crippen LogP contribution < -0.4 is 10.1 Å². The highest BCUT2D eigenvalue weighted by Gasteiger charge is 2.03. The van der Waals surface area contributed by atoms with E-state index in [1.54, 1.807) is 0 Å². The van der Waals surface area contributed by atoms with Crippen LogP contribution in [0, 0.1) is 6.92 Å². The average Bonchev–Trinajstić information content (AvgIpc) is 2.46. The molecule has 2 rings (SSSR count). The first-order valence-electron chi connectivity index (χ1n) is 7.89. The first-order valence-corrected chi connectivity index (χ1v) is 7.89. The van der Waals surface area contributed by atoms with Gasteiger partial charge in [0.2, 0.25) is 0 Å². The van der Waals surface area contributed by atoms with Gasteiger partial charge in [-0.25, -0.2) is 4.98 Å². The van der Waals surface area contributed by atoms with Crippen LogP contribution in [0.3, 0.4) is 0 Å². The Morgan fingerprint density at radius 1 is 1.10 bits per heavy atom. The number of aromatic nitrogens is 1. The predicted molar refractivity (Wildman–Crippen MR) is 89.0 cm³/mol. The van der Waals surface area contributed by atoms with Gasteiger partial charge in [-0.2, -0.15) is 0 Å². The van der Waals surface area contributed by atoms with Gasteiger partial charge < -0.3 is 10.1 Å². The van der Waals surface area contributed by atoms with E-state index in [1.807, 2.05) is 25.1 Å². The Kier molecular flexibility index (Phi) is 6.00. The molecule has 0 saturated heterocycles. The molecule has 1 heterocycles. The standard InChI is InChI=1S/C18H26N2O/c1-14(2)19-12-5-4-6-13-21-17-9-7-8-16-11-10-15(3)20-18(16)17/h7-11,14,19H,4-6,12-13H2,1-3H3. The molecule has 1 aromatic heterocycles. The maximum atomic E-state index is 5.92. The molecule has 114 valence electrons. The molecular weight excluding hydrogens is 260 g/mol. The van der Waals surface area contributed by atoms with E-state index in [4.69, 9.17) is 4.74 Å². The second kappa shape index (κ2) is 7.99. The highest BCUT2D eigenvalue weighted by molar-refractivity contribution is 5.84. The van der Waals surface area contributed by atoms with Crippen LogP contribution in [0.5, 0.6) is 5.75 Å². The monoisotopic (exact) mass is 286 g/mol. The van der Waals surface area contributed by atoms with Gasteiger partial charge in [-0.3, -0.25) is 0 Å². The molecule has 2 aromatic rings. The van der Waals surface area contributed by atoms with Crippen molar-refractivity contribution in [1.29, 1.82) is 0 Å². The lowest BCUT2D eigenvalue weighted by Crippen LogP contribution is -2.23. The molecule has 0 aliphatic rings. The largest absolute Gasteiger partial charge is 0.491 e. The highest BCUT2D eigenvalue weighted by Crippen LogP contribution is 2.24. The van der Waals surface area contributed by atoms with Crippen LogP contribution in [0.25, 0.3) is 10.9 Å². The van der Waals surface area contributed by atoms with Gasteiger partial charge in [0, 0.05) is 17.1 Å². The zero-order valence-corrected chi connectivity index (χ0v) is 13.4. The van der Waals surface area contributed by atoms with E-state index in [9.17, 15) is 0 Å². The fourth-order valence-electron chi connectivity index (χ4n) is 2.31. The molecular formula is C18H26N2O. The molecule has 1 N–H and O–H groups in total. The highest BCUT2D eigenvalue weighted by atomic mass is 16.5. The first-order chi connectivity index (χ1) is 10.2. The Labute approximate surface area is 127 Å². The summed E-state index contributed by atoms with van der Waals surface area (Å²) in [7, 11) is 0. The molecule has 0 spiro atoms. The summed E-state index contributed by atoms with van der Waals surface area (Å²) in [4.78, 5) is 4.59. The zero-order chi connectivity index (χ0) is 15.1. The molecule has 1 aromatic carbocycles. The van der Waals surface area contributed by atoms with Gasteiger partial charge >= 0.3 is 0 Å². The van der Waals surface area contributed by atoms with E-state index in [0.29, 0.717) is 6.04 Å². The molecule has 0 atom stereocenters. The van der Waals surface area contributed by atoms with Crippen molar-refractivity contribution in [2.24, 2.45) is 0 Å². The van der Waals surface area contributed by atoms with Gasteiger partial charge in [0.25, 0.3) is 0 Å². The lowest BCUT2D eigenvalue weighted by molar-refractivity contribution is 0.307. The van der Waals surface area contributed by atoms with Crippen molar-refractivity contribution in [2.75, 3.05) is 13.2 Å². The Bertz CT molecular complexity index is 566. The summed E-state index contributed by atoms with van der Waals surface area (Å²) >= 11 is 0. The van der Waals surface area contributed by atoms with Crippen LogP contribution in [-0.4, -0.2) is 24.2 Å². The summed E-state index contributed by atoms with van der Waals surface area (Å²) in [6, 6.07) is 10.8. The van der Waals surface area contributed by atoms with E-state index in [0.717, 1.165) is 41.9 Å². The number of fused-ring (bicyclic) bond motifs is 1. The van der Waals surface area contributed by atoms with Gasteiger partial charge in [0.1, 0.15) is 11.3 Å². The van der Waals surface area contributed by atoms with Crippen molar-refractivity contribution in [3.63, 3.8) is 0 Å². The molecule has 0 aliphatic heterocycles. The number of ether oxygens (including phenoxy) is 1. The number of hydrogen-bond donors (Lipinski definition) is 1. The molecule has 0 radical (unpaired) electrons. The number of pyridine rings is 1. The number of nitrogens with zero attached hydrogens (tertiary/aromatic N) is 1. The van der Waals surface area contributed by atoms with Crippen molar-refractivity contribution in [2.45, 2.75) is 46.1 Å². The summed E-state index contributed by atoms with van der Waals surface area (Å²) < 4.78 is 5.92. The number of aryl methyl sites for hydroxylation is 1. The second-order valence-corrected chi connectivity index (χ2v) is 5.80. The van der Waals surface area contributed by atoms with E-state index in [1.165, 1.54) is 12.8 Å². The van der Waals surface area contributed by atoms with E-state index >= 15 is 0 Å². The summed E-state index contributed by atoms with van der Waals surface area (Å²) in [5.41, 5.74) is 2.00. The topological polar surface area (TPSA) is 34.1 Å². The third kappa shape index (κ3) is 5.01. The fourth-order valence-corrected chi connectivity index (χ4v) is 2.31. The Hall–Kier alpha value is -1.61. The summed E-state index contributed by atoms with van der Waals surface area (Å²) in [5.74, 6) is 0.900. The SMILES string of the molecule is Cc1ccc2cccc(OCCCCCNC(C)C)c2n1. The third-order valence-corrected chi connectivity index (χ3v) is 3.45. The van der Waals surface area contributed by atoms with Crippen LogP contribution in [0.4, 0.5) is 0 Å². The molecule has 21 heavy (non-hydrogen) atoms. The minimum Gasteiger partial charge on any atom is -0.491 e. The normalized spacial score (nSPS) is 11.2. The van der Waals surface area contributed by atoms with Crippen molar-refractivity contribution < 1.29 is 4.74 Å². The lowest BCUT2D eigenvalue weighted by atomic mass is 10.2. The van der Waals surface area contributed by atoms with Gasteiger partial charge in [-0.05, 0) is 44.9 Å². The Balaban J connectivity index is 1.80. The Morgan fingerprint density at radius 2 is 1.95 bits per heavy atom. The van der Waals surface area contributed by atoms with Crippen molar-refractivity contribution in [3.8, 4) is 5.75 Å². The maximum Gasteiger partial charge on any atom is 0.145 e. The molecule has 0 amide bonds. The zero-order valence-electron chi connectivity index (χ0n) is 13.4. The Morgan fingerprint density at radius 3 is 2.76 bits per heavy atom. The number of para-hydroxylation sites is 1. The van der Waals surface area contributed by atoms with Crippen LogP contribution in [-0.2, 0) is 0 Å². The minimum absolute atomic E-state index is 0.575. The van der Waals surface area contributed by atoms with Crippen LogP contribution in [0.1, 0.15) is 38.8 Å². The van der Waals surface area contributed by atoms with E-state index < -0.39 is 0 Å². The summed E-state index contributed by atoms with van der Waals surface area (Å²) in [5, 5.41) is 4.57. The van der Waals surface area contributed by atoms with E-state index in [-0.39, 0.29) is 0 Å². The minimum atomic E-state index is 0.575. The average molecular weight is 286 g/mol. The van der Waals surface area contributed by atoms with Crippen molar-refractivity contribution >= 4 is 10.9 Å². The molecule has 0 aliphatic carbocycles. The van der Waals surface area contributed by atoms with Crippen LogP contribution in [0.15, 0.2) is 30.3 Å². The maximum absolute atomic E-state index is 5.92. The number of benzene rings is 1. The number of nitrogens with one attached hydrogen (secondary N) is 1. The van der Waals surface area contributed by atoms with Gasteiger partial charge in [0.15, 0.2) is 0 Å².